The van der Waals surface area contributed by atoms with Crippen molar-refractivity contribution < 1.29 is 21.0 Å². The molecule has 0 saturated carbocycles. The molecule has 2 heteroatoms. The second kappa shape index (κ2) is 5.27. The molecular weight excluding hydrogens is 188 g/mol. The second-order valence-corrected chi connectivity index (χ2v) is 3.47. The summed E-state index contributed by atoms with van der Waals surface area (Å²) in [6.07, 6.45) is 2.80. The first-order chi connectivity index (χ1) is 5.79. The van der Waals surface area contributed by atoms with E-state index in [1.807, 2.05) is 18.2 Å². The van der Waals surface area contributed by atoms with Crippen molar-refractivity contribution in [3.05, 3.63) is 35.9 Å². The average molecular weight is 200 g/mol. The van der Waals surface area contributed by atoms with Crippen LogP contribution >= 0.6 is 0 Å². The number of aliphatic hydroxyl groups excluding tert-OH is 1. The van der Waals surface area contributed by atoms with Crippen LogP contribution in [0.15, 0.2) is 30.3 Å². The van der Waals surface area contributed by atoms with Crippen molar-refractivity contribution in [2.45, 2.75) is 19.3 Å². The Bertz CT molecular complexity index is 243. The van der Waals surface area contributed by atoms with Gasteiger partial charge < -0.3 is 0 Å². The zero-order chi connectivity index (χ0) is 8.81. The second-order valence-electron chi connectivity index (χ2n) is 2.73. The molecule has 64 valence electrons. The summed E-state index contributed by atoms with van der Waals surface area (Å²) in [5, 5.41) is 8.89. The average Bonchev–Trinajstić information content (AvgIpc) is 2.05. The van der Waals surface area contributed by atoms with Gasteiger partial charge in [-0.25, -0.2) is 0 Å². The Morgan fingerprint density at radius 3 is 2.50 bits per heavy atom. The molecular formula is C10H12CrO. The predicted octanol–water partition coefficient (Wildman–Crippen LogP) is 2.06. The molecule has 0 aliphatic rings. The molecule has 0 amide bonds. The Balaban J connectivity index is 2.29. The summed E-state index contributed by atoms with van der Waals surface area (Å²) in [7, 11) is 0. The fourth-order valence-corrected chi connectivity index (χ4v) is 1.31. The normalized spacial score (nSPS) is 9.75. The van der Waals surface area contributed by atoms with E-state index < -0.39 is 0 Å². The van der Waals surface area contributed by atoms with Crippen molar-refractivity contribution >= 4 is 4.57 Å². The minimum atomic E-state index is 0.408. The maximum atomic E-state index is 8.89. The van der Waals surface area contributed by atoms with E-state index in [0.29, 0.717) is 4.57 Å². The van der Waals surface area contributed by atoms with Gasteiger partial charge >= 0.3 is 80.7 Å². The zero-order valence-electron chi connectivity index (χ0n) is 6.86. The van der Waals surface area contributed by atoms with E-state index in [2.05, 4.69) is 28.0 Å². The number of rotatable bonds is 4. The van der Waals surface area contributed by atoms with Crippen molar-refractivity contribution in [2.75, 3.05) is 0 Å². The Morgan fingerprint density at radius 2 is 1.92 bits per heavy atom. The number of aliphatic hydroxyl groups is 1. The Kier molecular flexibility index (Phi) is 4.24. The molecule has 0 saturated heterocycles. The molecule has 0 aliphatic carbocycles. The van der Waals surface area contributed by atoms with Crippen molar-refractivity contribution in [3.63, 3.8) is 0 Å². The first-order valence-electron chi connectivity index (χ1n) is 4.05. The van der Waals surface area contributed by atoms with Gasteiger partial charge in [0.1, 0.15) is 0 Å². The molecule has 0 radical (unpaired) electrons. The number of hydrogen-bond acceptors (Lipinski definition) is 1. The van der Waals surface area contributed by atoms with E-state index in [9.17, 15) is 0 Å². The van der Waals surface area contributed by atoms with E-state index in [1.165, 1.54) is 5.56 Å². The fraction of sp³-hybridized carbons (Fsp3) is 0.300. The van der Waals surface area contributed by atoms with E-state index in [0.717, 1.165) is 19.3 Å². The van der Waals surface area contributed by atoms with Gasteiger partial charge in [-0.05, 0) is 0 Å². The van der Waals surface area contributed by atoms with Crippen molar-refractivity contribution in [3.8, 4) is 0 Å². The van der Waals surface area contributed by atoms with Crippen molar-refractivity contribution in [2.24, 2.45) is 0 Å². The third-order valence-corrected chi connectivity index (χ3v) is 2.02. The third-order valence-electron chi connectivity index (χ3n) is 1.70. The van der Waals surface area contributed by atoms with Gasteiger partial charge in [-0.1, -0.05) is 0 Å². The van der Waals surface area contributed by atoms with Gasteiger partial charge in [0, 0.05) is 0 Å². The van der Waals surface area contributed by atoms with Crippen LogP contribution in [0.2, 0.25) is 0 Å². The summed E-state index contributed by atoms with van der Waals surface area (Å²) in [6.45, 7) is 0. The van der Waals surface area contributed by atoms with Crippen LogP contribution in [-0.4, -0.2) is 9.67 Å². The fourth-order valence-electron chi connectivity index (χ4n) is 1.09. The van der Waals surface area contributed by atoms with Gasteiger partial charge in [0.25, 0.3) is 0 Å². The molecule has 0 heterocycles. The monoisotopic (exact) mass is 200 g/mol. The summed E-state index contributed by atoms with van der Waals surface area (Å²) in [5.74, 6) is 0. The molecule has 0 bridgehead atoms. The van der Waals surface area contributed by atoms with E-state index in [4.69, 9.17) is 5.11 Å². The Labute approximate surface area is 81.0 Å². The van der Waals surface area contributed by atoms with E-state index >= 15 is 0 Å². The van der Waals surface area contributed by atoms with Gasteiger partial charge in [0.2, 0.25) is 0 Å². The van der Waals surface area contributed by atoms with Crippen LogP contribution in [0.5, 0.6) is 0 Å². The topological polar surface area (TPSA) is 20.2 Å². The van der Waals surface area contributed by atoms with Crippen LogP contribution in [0.1, 0.15) is 18.4 Å². The van der Waals surface area contributed by atoms with Gasteiger partial charge in [-0.3, -0.25) is 0 Å². The molecule has 0 aromatic heterocycles. The van der Waals surface area contributed by atoms with Crippen LogP contribution in [0.25, 0.3) is 0 Å². The molecule has 0 fully saturated rings. The van der Waals surface area contributed by atoms with Gasteiger partial charge in [-0.15, -0.1) is 0 Å². The molecule has 0 atom stereocenters. The molecule has 0 aliphatic heterocycles. The molecule has 1 N–H and O–H groups in total. The van der Waals surface area contributed by atoms with E-state index in [-0.39, 0.29) is 0 Å². The van der Waals surface area contributed by atoms with Crippen LogP contribution in [0.3, 0.4) is 0 Å². The van der Waals surface area contributed by atoms with Crippen molar-refractivity contribution in [1.82, 2.24) is 0 Å². The third kappa shape index (κ3) is 3.83. The maximum absolute atomic E-state index is 8.89. The van der Waals surface area contributed by atoms with Crippen LogP contribution < -0.4 is 0 Å². The molecule has 0 spiro atoms. The zero-order valence-corrected chi connectivity index (χ0v) is 8.14. The van der Waals surface area contributed by atoms with Gasteiger partial charge in [0.05, 0.1) is 0 Å². The standard InChI is InChI=1S/C10H12O.Cr/c11-9-5-4-8-10-6-2-1-3-7-10;/h1-3,6-7,11H,4-5,8H2;. The van der Waals surface area contributed by atoms with Crippen molar-refractivity contribution in [1.29, 1.82) is 0 Å². The minimum absolute atomic E-state index is 0.408. The summed E-state index contributed by atoms with van der Waals surface area (Å²) in [5.41, 5.74) is 1.33. The molecule has 12 heavy (non-hydrogen) atoms. The Morgan fingerprint density at radius 1 is 1.25 bits per heavy atom. The molecule has 1 aromatic carbocycles. The summed E-state index contributed by atoms with van der Waals surface area (Å²) < 4.78 is 0.408. The van der Waals surface area contributed by atoms with E-state index in [1.54, 1.807) is 0 Å². The summed E-state index contributed by atoms with van der Waals surface area (Å²) >= 11 is 2.60. The molecule has 0 unspecified atom stereocenters. The SMILES string of the molecule is O[C](=[Cr])CCCc1ccccc1. The number of hydrogen-bond donors (Lipinski definition) is 1. The van der Waals surface area contributed by atoms with Gasteiger partial charge in [-0.2, -0.15) is 0 Å². The Hall–Kier alpha value is -0.418. The summed E-state index contributed by atoms with van der Waals surface area (Å²) in [4.78, 5) is 0. The van der Waals surface area contributed by atoms with Crippen LogP contribution in [0, 0.1) is 0 Å². The quantitative estimate of drug-likeness (QED) is 0.788. The predicted molar refractivity (Wildman–Crippen MR) is 46.3 cm³/mol. The molecule has 1 rings (SSSR count). The van der Waals surface area contributed by atoms with Gasteiger partial charge in [0.15, 0.2) is 0 Å². The van der Waals surface area contributed by atoms with Crippen LogP contribution in [0.4, 0.5) is 0 Å². The summed E-state index contributed by atoms with van der Waals surface area (Å²) in [6, 6.07) is 10.3. The molecule has 1 nitrogen and oxygen atoms in total. The van der Waals surface area contributed by atoms with Crippen LogP contribution in [-0.2, 0) is 22.3 Å². The number of aryl methyl sites for hydroxylation is 1. The number of benzene rings is 1. The first-order valence-corrected chi connectivity index (χ1v) is 4.68. The molecule has 1 aromatic rings. The first kappa shape index (κ1) is 9.67.